The number of rotatable bonds is 3. The third-order valence-electron chi connectivity index (χ3n) is 8.63. The number of esters is 1. The van der Waals surface area contributed by atoms with E-state index in [1.54, 1.807) is 0 Å². The van der Waals surface area contributed by atoms with Gasteiger partial charge in [0.1, 0.15) is 12.4 Å². The zero-order chi connectivity index (χ0) is 19.4. The van der Waals surface area contributed by atoms with Gasteiger partial charge in [0.05, 0.1) is 0 Å². The molecule has 0 amide bonds. The Morgan fingerprint density at radius 1 is 1.07 bits per heavy atom. The molecule has 0 bridgehead atoms. The maximum Gasteiger partial charge on any atom is 0.305 e. The molecule has 0 unspecified atom stereocenters. The Morgan fingerprint density at radius 3 is 2.59 bits per heavy atom. The molecule has 0 saturated heterocycles. The number of carbonyl (C=O) groups excluding carboxylic acids is 3. The van der Waals surface area contributed by atoms with Gasteiger partial charge in [-0.15, -0.1) is 0 Å². The van der Waals surface area contributed by atoms with Crippen molar-refractivity contribution in [3.05, 3.63) is 11.1 Å². The highest BCUT2D eigenvalue weighted by atomic mass is 16.5. The van der Waals surface area contributed by atoms with Crippen molar-refractivity contribution >= 4 is 17.5 Å². The molecule has 3 fully saturated rings. The highest BCUT2D eigenvalue weighted by molar-refractivity contribution is 5.97. The molecular weight excluding hydrogens is 340 g/mol. The van der Waals surface area contributed by atoms with E-state index < -0.39 is 0 Å². The number of fused-ring (bicyclic) bond motifs is 5. The lowest BCUT2D eigenvalue weighted by Gasteiger charge is -2.58. The minimum Gasteiger partial charge on any atom is -0.465 e. The van der Waals surface area contributed by atoms with Crippen LogP contribution in [0, 0.1) is 28.6 Å². The molecule has 4 nitrogen and oxygen atoms in total. The molecule has 0 aromatic rings. The highest BCUT2D eigenvalue weighted by Crippen LogP contribution is 2.65. The van der Waals surface area contributed by atoms with Crippen LogP contribution in [-0.2, 0) is 19.1 Å². The van der Waals surface area contributed by atoms with Crippen LogP contribution in [0.25, 0.3) is 0 Å². The van der Waals surface area contributed by atoms with Gasteiger partial charge in [-0.1, -0.05) is 19.4 Å². The lowest BCUT2D eigenvalue weighted by Crippen LogP contribution is -2.54. The predicted molar refractivity (Wildman–Crippen MR) is 102 cm³/mol. The number of ketones is 2. The summed E-state index contributed by atoms with van der Waals surface area (Å²) in [4.78, 5) is 37.0. The summed E-state index contributed by atoms with van der Waals surface area (Å²) in [6.45, 7) is 6.40. The van der Waals surface area contributed by atoms with Gasteiger partial charge in [0.15, 0.2) is 5.78 Å². The maximum absolute atomic E-state index is 12.6. The van der Waals surface area contributed by atoms with E-state index in [2.05, 4.69) is 6.92 Å². The van der Waals surface area contributed by atoms with Crippen LogP contribution >= 0.6 is 0 Å². The van der Waals surface area contributed by atoms with Gasteiger partial charge < -0.3 is 4.74 Å². The minimum absolute atomic E-state index is 0.150. The molecule has 4 aliphatic carbocycles. The summed E-state index contributed by atoms with van der Waals surface area (Å²) in [5, 5.41) is 0. The van der Waals surface area contributed by atoms with E-state index in [-0.39, 0.29) is 22.6 Å². The molecule has 4 heteroatoms. The Bertz CT molecular complexity index is 720. The van der Waals surface area contributed by atoms with Gasteiger partial charge in [-0.3, -0.25) is 14.4 Å². The molecule has 0 aromatic heterocycles. The summed E-state index contributed by atoms with van der Waals surface area (Å²) in [5.41, 5.74) is 1.85. The Morgan fingerprint density at radius 2 is 1.85 bits per heavy atom. The molecule has 5 atom stereocenters. The molecule has 0 heterocycles. The van der Waals surface area contributed by atoms with Gasteiger partial charge in [0.25, 0.3) is 0 Å². The fraction of sp³-hybridized carbons (Fsp3) is 0.783. The van der Waals surface area contributed by atoms with Gasteiger partial charge in [-0.25, -0.2) is 0 Å². The second-order valence-electron chi connectivity index (χ2n) is 9.53. The van der Waals surface area contributed by atoms with Crippen molar-refractivity contribution in [2.75, 3.05) is 6.61 Å². The Hall–Kier alpha value is -1.45. The summed E-state index contributed by atoms with van der Waals surface area (Å²) in [6.07, 6.45) is 7.43. The van der Waals surface area contributed by atoms with E-state index in [1.807, 2.05) is 13.8 Å². The van der Waals surface area contributed by atoms with Crippen LogP contribution in [0.3, 0.4) is 0 Å². The number of hydrogen-bond donors (Lipinski definition) is 0. The van der Waals surface area contributed by atoms with Crippen LogP contribution in [0.15, 0.2) is 11.1 Å². The van der Waals surface area contributed by atoms with E-state index in [1.165, 1.54) is 5.57 Å². The number of Topliss-reactive ketones (excluding diaryl/α,β-unsaturated/α-hetero) is 2. The number of ether oxygens (including phenoxy) is 1. The van der Waals surface area contributed by atoms with Crippen LogP contribution in [0.2, 0.25) is 0 Å². The largest absolute Gasteiger partial charge is 0.465 e. The van der Waals surface area contributed by atoms with Crippen LogP contribution in [-0.4, -0.2) is 24.1 Å². The first kappa shape index (κ1) is 18.9. The zero-order valence-electron chi connectivity index (χ0n) is 16.9. The van der Waals surface area contributed by atoms with E-state index in [0.29, 0.717) is 43.0 Å². The average Bonchev–Trinajstić information content (AvgIpc) is 2.98. The Balaban J connectivity index is 1.72. The molecular formula is C23H32O4. The smallest absolute Gasteiger partial charge is 0.305 e. The fourth-order valence-electron chi connectivity index (χ4n) is 7.10. The molecule has 148 valence electrons. The summed E-state index contributed by atoms with van der Waals surface area (Å²) < 4.78 is 5.73. The Labute approximate surface area is 162 Å². The first-order valence-electron chi connectivity index (χ1n) is 10.8. The minimum atomic E-state index is -0.182. The molecule has 27 heavy (non-hydrogen) atoms. The van der Waals surface area contributed by atoms with Crippen molar-refractivity contribution in [1.82, 2.24) is 0 Å². The SMILES string of the molecule is CCC(=O)OC[C@]12CCC(=O)C(C)=C1CC[C@@H]1[C@@H]2CC[C@]2(C)C(=O)CC[C@@H]12. The molecule has 0 radical (unpaired) electrons. The highest BCUT2D eigenvalue weighted by Gasteiger charge is 2.61. The average molecular weight is 373 g/mol. The lowest BCUT2D eigenvalue weighted by atomic mass is 9.46. The van der Waals surface area contributed by atoms with Gasteiger partial charge in [0, 0.05) is 30.1 Å². The molecule has 0 aliphatic heterocycles. The quantitative estimate of drug-likeness (QED) is 0.689. The summed E-state index contributed by atoms with van der Waals surface area (Å²) in [5.74, 6) is 1.96. The monoisotopic (exact) mass is 372 g/mol. The second-order valence-corrected chi connectivity index (χ2v) is 9.53. The van der Waals surface area contributed by atoms with Crippen molar-refractivity contribution in [3.63, 3.8) is 0 Å². The summed E-state index contributed by atoms with van der Waals surface area (Å²) in [7, 11) is 0. The Kier molecular flexibility index (Phi) is 4.59. The number of hydrogen-bond acceptors (Lipinski definition) is 4. The molecule has 0 spiro atoms. The third-order valence-corrected chi connectivity index (χ3v) is 8.63. The van der Waals surface area contributed by atoms with Gasteiger partial charge >= 0.3 is 5.97 Å². The van der Waals surface area contributed by atoms with E-state index in [0.717, 1.165) is 50.5 Å². The van der Waals surface area contributed by atoms with Crippen LogP contribution in [0.1, 0.15) is 78.6 Å². The van der Waals surface area contributed by atoms with Gasteiger partial charge in [-0.05, 0) is 68.8 Å². The van der Waals surface area contributed by atoms with E-state index in [4.69, 9.17) is 4.74 Å². The summed E-state index contributed by atoms with van der Waals surface area (Å²) >= 11 is 0. The van der Waals surface area contributed by atoms with E-state index >= 15 is 0 Å². The molecule has 4 rings (SSSR count). The van der Waals surface area contributed by atoms with Crippen LogP contribution in [0.5, 0.6) is 0 Å². The molecule has 0 aromatic carbocycles. The lowest BCUT2D eigenvalue weighted by molar-refractivity contribution is -0.152. The first-order valence-corrected chi connectivity index (χ1v) is 10.8. The normalized spacial score (nSPS) is 41.1. The van der Waals surface area contributed by atoms with Gasteiger partial charge in [0.2, 0.25) is 0 Å². The van der Waals surface area contributed by atoms with Crippen molar-refractivity contribution in [1.29, 1.82) is 0 Å². The second kappa shape index (κ2) is 6.56. The third kappa shape index (κ3) is 2.66. The predicted octanol–water partition coefficient (Wildman–Crippen LogP) is 4.41. The van der Waals surface area contributed by atoms with Crippen molar-refractivity contribution in [2.24, 2.45) is 28.6 Å². The summed E-state index contributed by atoms with van der Waals surface area (Å²) in [6, 6.07) is 0. The van der Waals surface area contributed by atoms with E-state index in [9.17, 15) is 14.4 Å². The van der Waals surface area contributed by atoms with Gasteiger partial charge in [-0.2, -0.15) is 0 Å². The van der Waals surface area contributed by atoms with Crippen molar-refractivity contribution in [2.45, 2.75) is 78.6 Å². The standard InChI is InChI=1S/C23H32O4/c1-4-21(26)27-13-23-12-10-19(24)14(2)16(23)6-5-15-17-7-8-20(25)22(17,3)11-9-18(15)23/h15,17-18H,4-13H2,1-3H3/t15-,17-,18-,22-,23+/m0/s1. The van der Waals surface area contributed by atoms with Crippen molar-refractivity contribution < 1.29 is 19.1 Å². The molecule has 0 N–H and O–H groups in total. The maximum atomic E-state index is 12.6. The topological polar surface area (TPSA) is 60.4 Å². The van der Waals surface area contributed by atoms with Crippen molar-refractivity contribution in [3.8, 4) is 0 Å². The molecule has 4 aliphatic rings. The molecule has 3 saturated carbocycles. The zero-order valence-corrected chi connectivity index (χ0v) is 16.9. The fourth-order valence-corrected chi connectivity index (χ4v) is 7.10. The van der Waals surface area contributed by atoms with Crippen LogP contribution in [0.4, 0.5) is 0 Å². The number of carbonyl (C=O) groups is 3. The van der Waals surface area contributed by atoms with Crippen LogP contribution < -0.4 is 0 Å². The first-order chi connectivity index (χ1) is 12.8.